The average molecular weight is 405 g/mol. The number of aryl methyl sites for hydroxylation is 1. The maximum Gasteiger partial charge on any atom is 0.272 e. The van der Waals surface area contributed by atoms with E-state index in [1.165, 1.54) is 12.1 Å². The standard InChI is InChI=1S/C19H20N2O4S2/c1-4-25-16-9-7-15(8-10-16)20-19-21(18(22)14(3)26-19)27(23,24)17-11-5-13(2)6-12-17/h5-12,14H,4H2,1-3H3/t14-/m0/s1. The van der Waals surface area contributed by atoms with Crippen molar-refractivity contribution in [2.24, 2.45) is 4.99 Å². The van der Waals surface area contributed by atoms with Crippen LogP contribution in [0.5, 0.6) is 5.75 Å². The first-order valence-corrected chi connectivity index (χ1v) is 10.8. The monoisotopic (exact) mass is 404 g/mol. The van der Waals surface area contributed by atoms with Crippen LogP contribution in [-0.4, -0.2) is 35.7 Å². The van der Waals surface area contributed by atoms with Crippen LogP contribution in [-0.2, 0) is 14.8 Å². The van der Waals surface area contributed by atoms with Gasteiger partial charge in [-0.2, -0.15) is 4.31 Å². The van der Waals surface area contributed by atoms with Crippen LogP contribution in [0.3, 0.4) is 0 Å². The molecule has 6 nitrogen and oxygen atoms in total. The SMILES string of the molecule is CCOc1ccc(N=C2S[C@@H](C)C(=O)N2S(=O)(=O)c2ccc(C)cc2)cc1. The molecule has 1 aliphatic heterocycles. The largest absolute Gasteiger partial charge is 0.494 e. The van der Waals surface area contributed by atoms with E-state index in [0.717, 1.165) is 21.6 Å². The second kappa shape index (κ2) is 7.74. The van der Waals surface area contributed by atoms with Crippen molar-refractivity contribution in [2.75, 3.05) is 6.61 Å². The predicted octanol–water partition coefficient (Wildman–Crippen LogP) is 3.73. The van der Waals surface area contributed by atoms with Crippen LogP contribution in [0.4, 0.5) is 5.69 Å². The van der Waals surface area contributed by atoms with Gasteiger partial charge in [0.2, 0.25) is 0 Å². The molecule has 0 radical (unpaired) electrons. The maximum absolute atomic E-state index is 13.0. The van der Waals surface area contributed by atoms with Gasteiger partial charge in [0.25, 0.3) is 15.9 Å². The molecule has 1 aliphatic rings. The topological polar surface area (TPSA) is 76.0 Å². The molecule has 1 saturated heterocycles. The van der Waals surface area contributed by atoms with Crippen LogP contribution in [0.1, 0.15) is 19.4 Å². The molecule has 1 amide bonds. The van der Waals surface area contributed by atoms with E-state index in [1.807, 2.05) is 13.8 Å². The van der Waals surface area contributed by atoms with Crippen molar-refractivity contribution in [1.29, 1.82) is 0 Å². The van der Waals surface area contributed by atoms with Gasteiger partial charge in [-0.15, -0.1) is 0 Å². The van der Waals surface area contributed by atoms with E-state index in [4.69, 9.17) is 4.74 Å². The van der Waals surface area contributed by atoms with E-state index in [1.54, 1.807) is 43.3 Å². The Kier molecular flexibility index (Phi) is 5.57. The first-order chi connectivity index (χ1) is 12.8. The molecule has 2 aromatic rings. The molecule has 0 bridgehead atoms. The number of sulfonamides is 1. The molecule has 0 unspecified atom stereocenters. The van der Waals surface area contributed by atoms with E-state index in [0.29, 0.717) is 18.0 Å². The molecule has 3 rings (SSSR count). The van der Waals surface area contributed by atoms with E-state index in [9.17, 15) is 13.2 Å². The summed E-state index contributed by atoms with van der Waals surface area (Å²) in [5.41, 5.74) is 1.49. The summed E-state index contributed by atoms with van der Waals surface area (Å²) in [7, 11) is -4.02. The Morgan fingerprint density at radius 1 is 1.11 bits per heavy atom. The lowest BCUT2D eigenvalue weighted by Gasteiger charge is -2.16. The van der Waals surface area contributed by atoms with Crippen LogP contribution >= 0.6 is 11.8 Å². The fourth-order valence-electron chi connectivity index (χ4n) is 2.52. The van der Waals surface area contributed by atoms with Crippen LogP contribution in [0.2, 0.25) is 0 Å². The Morgan fingerprint density at radius 3 is 2.33 bits per heavy atom. The van der Waals surface area contributed by atoms with Crippen molar-refractivity contribution in [3.05, 3.63) is 54.1 Å². The van der Waals surface area contributed by atoms with Crippen LogP contribution in [0, 0.1) is 6.92 Å². The summed E-state index contributed by atoms with van der Waals surface area (Å²) in [4.78, 5) is 17.0. The maximum atomic E-state index is 13.0. The van der Waals surface area contributed by atoms with Crippen molar-refractivity contribution in [2.45, 2.75) is 30.9 Å². The van der Waals surface area contributed by atoms with Gasteiger partial charge < -0.3 is 4.74 Å². The molecule has 0 N–H and O–H groups in total. The predicted molar refractivity (Wildman–Crippen MR) is 107 cm³/mol. The normalized spacial score (nSPS) is 18.9. The van der Waals surface area contributed by atoms with E-state index in [2.05, 4.69) is 4.99 Å². The number of amidine groups is 1. The van der Waals surface area contributed by atoms with Gasteiger partial charge in [0.15, 0.2) is 5.17 Å². The summed E-state index contributed by atoms with van der Waals surface area (Å²) in [6.07, 6.45) is 0. The van der Waals surface area contributed by atoms with E-state index in [-0.39, 0.29) is 10.1 Å². The zero-order valence-electron chi connectivity index (χ0n) is 15.2. The number of hydrogen-bond acceptors (Lipinski definition) is 6. The lowest BCUT2D eigenvalue weighted by Crippen LogP contribution is -2.37. The molecule has 8 heteroatoms. The fraction of sp³-hybridized carbons (Fsp3) is 0.263. The van der Waals surface area contributed by atoms with Gasteiger partial charge in [-0.1, -0.05) is 29.5 Å². The number of ether oxygens (including phenoxy) is 1. The summed E-state index contributed by atoms with van der Waals surface area (Å²) < 4.78 is 32.3. The minimum Gasteiger partial charge on any atom is -0.494 e. The molecule has 142 valence electrons. The summed E-state index contributed by atoms with van der Waals surface area (Å²) >= 11 is 1.13. The number of nitrogens with zero attached hydrogens (tertiary/aromatic N) is 2. The van der Waals surface area contributed by atoms with Crippen molar-refractivity contribution in [3.63, 3.8) is 0 Å². The van der Waals surface area contributed by atoms with Gasteiger partial charge in [-0.25, -0.2) is 13.4 Å². The zero-order chi connectivity index (χ0) is 19.6. The van der Waals surface area contributed by atoms with Gasteiger partial charge in [0, 0.05) is 0 Å². The van der Waals surface area contributed by atoms with Crippen LogP contribution < -0.4 is 4.74 Å². The van der Waals surface area contributed by atoms with E-state index < -0.39 is 21.2 Å². The smallest absolute Gasteiger partial charge is 0.272 e. The molecule has 1 heterocycles. The minimum atomic E-state index is -4.02. The fourth-order valence-corrected chi connectivity index (χ4v) is 5.21. The Bertz CT molecular complexity index is 968. The molecule has 0 aromatic heterocycles. The van der Waals surface area contributed by atoms with Crippen molar-refractivity contribution >= 4 is 38.5 Å². The van der Waals surface area contributed by atoms with Crippen molar-refractivity contribution < 1.29 is 17.9 Å². The Hall–Kier alpha value is -2.32. The number of thioether (sulfide) groups is 1. The second-order valence-electron chi connectivity index (χ2n) is 6.00. The summed E-state index contributed by atoms with van der Waals surface area (Å²) in [6.45, 7) is 5.99. The quantitative estimate of drug-likeness (QED) is 0.759. The molecule has 1 fully saturated rings. The van der Waals surface area contributed by atoms with Gasteiger partial charge in [-0.05, 0) is 57.2 Å². The van der Waals surface area contributed by atoms with E-state index >= 15 is 0 Å². The third-order valence-electron chi connectivity index (χ3n) is 3.94. The Labute approximate surface area is 163 Å². The highest BCUT2D eigenvalue weighted by Gasteiger charge is 2.43. The number of carbonyl (C=O) groups excluding carboxylic acids is 1. The Balaban J connectivity index is 1.98. The number of rotatable bonds is 5. The molecule has 0 saturated carbocycles. The number of carbonyl (C=O) groups is 1. The molecular weight excluding hydrogens is 384 g/mol. The van der Waals surface area contributed by atoms with Gasteiger partial charge in [0.1, 0.15) is 5.75 Å². The lowest BCUT2D eigenvalue weighted by atomic mass is 10.2. The number of amides is 1. The van der Waals surface area contributed by atoms with Gasteiger partial charge in [-0.3, -0.25) is 4.79 Å². The third kappa shape index (κ3) is 4.01. The Morgan fingerprint density at radius 2 is 1.74 bits per heavy atom. The van der Waals surface area contributed by atoms with Crippen molar-refractivity contribution in [1.82, 2.24) is 4.31 Å². The molecule has 1 atom stereocenters. The highest BCUT2D eigenvalue weighted by atomic mass is 32.2. The number of hydrogen-bond donors (Lipinski definition) is 0. The molecule has 2 aromatic carbocycles. The molecular formula is C19H20N2O4S2. The molecule has 0 aliphatic carbocycles. The summed E-state index contributed by atoms with van der Waals surface area (Å²) in [5, 5.41) is -0.371. The second-order valence-corrected chi connectivity index (χ2v) is 9.10. The van der Waals surface area contributed by atoms with Gasteiger partial charge in [0.05, 0.1) is 22.4 Å². The van der Waals surface area contributed by atoms with Gasteiger partial charge >= 0.3 is 0 Å². The highest BCUT2D eigenvalue weighted by molar-refractivity contribution is 8.17. The summed E-state index contributed by atoms with van der Waals surface area (Å²) in [6, 6.07) is 13.4. The summed E-state index contributed by atoms with van der Waals surface area (Å²) in [5.74, 6) is 0.208. The first kappa shape index (κ1) is 19.4. The zero-order valence-corrected chi connectivity index (χ0v) is 16.9. The van der Waals surface area contributed by atoms with Crippen LogP contribution in [0.25, 0.3) is 0 Å². The number of aliphatic imine (C=N–C) groups is 1. The third-order valence-corrected chi connectivity index (χ3v) is 6.79. The lowest BCUT2D eigenvalue weighted by molar-refractivity contribution is -0.122. The molecule has 0 spiro atoms. The highest BCUT2D eigenvalue weighted by Crippen LogP contribution is 2.34. The van der Waals surface area contributed by atoms with Crippen molar-refractivity contribution in [3.8, 4) is 5.75 Å². The number of benzene rings is 2. The average Bonchev–Trinajstić information content (AvgIpc) is 2.91. The molecule has 27 heavy (non-hydrogen) atoms. The minimum absolute atomic E-state index is 0.0653. The first-order valence-electron chi connectivity index (χ1n) is 8.47. The van der Waals surface area contributed by atoms with Crippen LogP contribution in [0.15, 0.2) is 58.4 Å².